The number of rotatable bonds is 12. The highest BCUT2D eigenvalue weighted by Gasteiger charge is 2.49. The molecule has 0 spiro atoms. The number of aliphatic hydroxyl groups excluding tert-OH is 1. The molecule has 0 amide bonds. The Kier molecular flexibility index (Phi) is 9.51. The highest BCUT2D eigenvalue weighted by molar-refractivity contribution is 5.84. The lowest BCUT2D eigenvalue weighted by Gasteiger charge is -2.27. The number of benzene rings is 2. The minimum Gasteiger partial charge on any atom is -0.457 e. The van der Waals surface area contributed by atoms with Gasteiger partial charge in [-0.15, -0.1) is 0 Å². The quantitative estimate of drug-likeness (QED) is 0.120. The number of aromatic nitrogens is 7. The Morgan fingerprint density at radius 3 is 2.37 bits per heavy atom. The first-order valence-electron chi connectivity index (χ1n) is 16.8. The van der Waals surface area contributed by atoms with Crippen molar-refractivity contribution < 1.29 is 19.4 Å². The lowest BCUT2D eigenvalue weighted by molar-refractivity contribution is -0.142. The Labute approximate surface area is 283 Å². The third kappa shape index (κ3) is 6.84. The van der Waals surface area contributed by atoms with Gasteiger partial charge in [0.25, 0.3) is 6.47 Å². The van der Waals surface area contributed by atoms with Gasteiger partial charge in [0.2, 0.25) is 5.95 Å². The molecule has 2 fully saturated rings. The first-order chi connectivity index (χ1) is 23.9. The van der Waals surface area contributed by atoms with Crippen molar-refractivity contribution >= 4 is 29.4 Å². The maximum absolute atomic E-state index is 11.7. The molecule has 14 heteroatoms. The molecule has 7 rings (SSSR count). The largest absolute Gasteiger partial charge is 0.457 e. The van der Waals surface area contributed by atoms with Crippen LogP contribution in [0.4, 0.5) is 11.8 Å². The molecule has 3 aromatic heterocycles. The Balaban J connectivity index is 1.25. The maximum atomic E-state index is 11.7. The van der Waals surface area contributed by atoms with Crippen molar-refractivity contribution in [3.8, 4) is 0 Å². The van der Waals surface area contributed by atoms with Crippen LogP contribution in [0.1, 0.15) is 86.5 Å². The fourth-order valence-electron chi connectivity index (χ4n) is 6.72. The highest BCUT2D eigenvalue weighted by Crippen LogP contribution is 2.41. The average Bonchev–Trinajstić information content (AvgIpc) is 3.85. The maximum Gasteiger partial charge on any atom is 0.293 e. The SMILES string of the molecule is CC(C)c1n[nH]c([C@H]2O[C@@H](n3cnc4c(NCC(c5ccccc5)c5ccccc5)nc(NC5CCC(N)CC5)nc43)[C@H](OC=O)[C@@H]2O)n1. The molecule has 5 aromatic rings. The van der Waals surface area contributed by atoms with Gasteiger partial charge < -0.3 is 30.9 Å². The van der Waals surface area contributed by atoms with Crippen LogP contribution < -0.4 is 16.4 Å². The summed E-state index contributed by atoms with van der Waals surface area (Å²) in [5, 5.41) is 25.6. The lowest BCUT2D eigenvalue weighted by Crippen LogP contribution is -2.33. The lowest BCUT2D eigenvalue weighted by atomic mass is 9.91. The van der Waals surface area contributed by atoms with E-state index in [2.05, 4.69) is 50.1 Å². The molecule has 1 aliphatic carbocycles. The predicted octanol–water partition coefficient (Wildman–Crippen LogP) is 4.17. The first kappa shape index (κ1) is 32.6. The smallest absolute Gasteiger partial charge is 0.293 e. The molecule has 6 N–H and O–H groups in total. The Hall–Kier alpha value is -4.92. The number of nitrogens with one attached hydrogen (secondary N) is 3. The topological polar surface area (TPSA) is 191 Å². The fraction of sp³-hybridized carbons (Fsp3) is 0.429. The number of nitrogens with zero attached hydrogens (tertiary/aromatic N) is 6. The zero-order valence-corrected chi connectivity index (χ0v) is 27.5. The summed E-state index contributed by atoms with van der Waals surface area (Å²) in [6.07, 6.45) is 0.995. The van der Waals surface area contributed by atoms with Crippen LogP contribution in [0.3, 0.4) is 0 Å². The van der Waals surface area contributed by atoms with E-state index < -0.39 is 24.5 Å². The van der Waals surface area contributed by atoms with Crippen molar-refractivity contribution in [3.63, 3.8) is 0 Å². The van der Waals surface area contributed by atoms with E-state index in [1.807, 2.05) is 50.2 Å². The second-order valence-corrected chi connectivity index (χ2v) is 13.1. The molecule has 14 nitrogen and oxygen atoms in total. The zero-order chi connectivity index (χ0) is 33.9. The number of aliphatic hydroxyl groups is 1. The highest BCUT2D eigenvalue weighted by atomic mass is 16.6. The van der Waals surface area contributed by atoms with Crippen LogP contribution in [0.25, 0.3) is 11.2 Å². The van der Waals surface area contributed by atoms with Crippen LogP contribution in [0, 0.1) is 0 Å². The van der Waals surface area contributed by atoms with E-state index in [9.17, 15) is 9.90 Å². The first-order valence-corrected chi connectivity index (χ1v) is 16.8. The Morgan fingerprint density at radius 1 is 1.04 bits per heavy atom. The number of ether oxygens (including phenoxy) is 2. The van der Waals surface area contributed by atoms with Gasteiger partial charge in [-0.25, -0.2) is 9.97 Å². The number of hydrogen-bond acceptors (Lipinski definition) is 12. The summed E-state index contributed by atoms with van der Waals surface area (Å²) in [5.41, 5.74) is 9.46. The molecule has 49 heavy (non-hydrogen) atoms. The molecule has 1 saturated carbocycles. The molecule has 4 atom stereocenters. The van der Waals surface area contributed by atoms with Gasteiger partial charge >= 0.3 is 0 Å². The molecule has 1 aliphatic heterocycles. The molecular formula is C35H42N10O4. The van der Waals surface area contributed by atoms with Crippen molar-refractivity contribution in [1.29, 1.82) is 0 Å². The predicted molar refractivity (Wildman–Crippen MR) is 183 cm³/mol. The monoisotopic (exact) mass is 666 g/mol. The molecule has 0 radical (unpaired) electrons. The van der Waals surface area contributed by atoms with Crippen LogP contribution in [-0.4, -0.2) is 77.1 Å². The second-order valence-electron chi connectivity index (χ2n) is 13.1. The molecule has 2 aliphatic rings. The number of aromatic amines is 1. The molecule has 256 valence electrons. The normalized spacial score (nSPS) is 24.0. The van der Waals surface area contributed by atoms with Gasteiger partial charge in [-0.3, -0.25) is 14.5 Å². The number of carbonyl (C=O) groups is 1. The van der Waals surface area contributed by atoms with Crippen LogP contribution in [0.2, 0.25) is 0 Å². The van der Waals surface area contributed by atoms with E-state index in [1.165, 1.54) is 0 Å². The number of nitrogens with two attached hydrogens (primary N) is 1. The third-order valence-corrected chi connectivity index (χ3v) is 9.41. The number of H-pyrrole nitrogens is 1. The second kappa shape index (κ2) is 14.3. The van der Waals surface area contributed by atoms with E-state index in [4.69, 9.17) is 30.2 Å². The zero-order valence-electron chi connectivity index (χ0n) is 27.5. The van der Waals surface area contributed by atoms with E-state index in [0.717, 1.165) is 36.8 Å². The molecule has 4 heterocycles. The van der Waals surface area contributed by atoms with Crippen LogP contribution in [-0.2, 0) is 14.3 Å². The van der Waals surface area contributed by atoms with Gasteiger partial charge in [0.1, 0.15) is 12.2 Å². The molecule has 1 saturated heterocycles. The van der Waals surface area contributed by atoms with E-state index in [-0.39, 0.29) is 23.9 Å². The van der Waals surface area contributed by atoms with E-state index in [0.29, 0.717) is 47.6 Å². The molecular weight excluding hydrogens is 624 g/mol. The van der Waals surface area contributed by atoms with Gasteiger partial charge in [0.15, 0.2) is 41.0 Å². The number of imidazole rings is 1. The summed E-state index contributed by atoms with van der Waals surface area (Å²) in [4.78, 5) is 30.7. The number of carbonyl (C=O) groups excluding carboxylic acids is 1. The summed E-state index contributed by atoms with van der Waals surface area (Å²) in [5.74, 6) is 1.98. The number of fused-ring (bicyclic) bond motifs is 1. The molecule has 0 bridgehead atoms. The van der Waals surface area contributed by atoms with Crippen molar-refractivity contribution in [2.45, 2.75) is 88.0 Å². The van der Waals surface area contributed by atoms with Gasteiger partial charge in [-0.1, -0.05) is 74.5 Å². The standard InChI is InChI=1S/C35H42N10O4/c1-20(2)30-40-32(44-43-30)28-27(47)29(48-19-46)34(49-28)45-18-38-26-31(41-35(42-33(26)45)39-24-15-13-23(36)14-16-24)37-17-25(21-9-5-3-6-10-21)22-11-7-4-8-12-22/h3-12,18-20,23-25,27-29,34,47H,13-17,36H2,1-2H3,(H,40,43,44)(H2,37,39,41,42)/t23?,24?,27-,28+,29-,34-/m1/s1. The minimum atomic E-state index is -1.23. The van der Waals surface area contributed by atoms with Crippen molar-refractivity contribution in [1.82, 2.24) is 34.7 Å². The number of anilines is 2. The summed E-state index contributed by atoms with van der Waals surface area (Å²) in [6.45, 7) is 4.78. The number of hydrogen-bond donors (Lipinski definition) is 5. The Morgan fingerprint density at radius 2 is 1.73 bits per heavy atom. The van der Waals surface area contributed by atoms with Gasteiger partial charge in [-0.2, -0.15) is 15.1 Å². The van der Waals surface area contributed by atoms with Gasteiger partial charge in [0, 0.05) is 30.5 Å². The third-order valence-electron chi connectivity index (χ3n) is 9.41. The van der Waals surface area contributed by atoms with Crippen LogP contribution in [0.15, 0.2) is 67.0 Å². The molecule has 0 unspecified atom stereocenters. The fourth-order valence-corrected chi connectivity index (χ4v) is 6.72. The van der Waals surface area contributed by atoms with Crippen LogP contribution in [0.5, 0.6) is 0 Å². The molecule has 2 aromatic carbocycles. The Bertz CT molecular complexity index is 1800. The summed E-state index contributed by atoms with van der Waals surface area (Å²) in [6, 6.07) is 21.0. The summed E-state index contributed by atoms with van der Waals surface area (Å²) < 4.78 is 13.5. The summed E-state index contributed by atoms with van der Waals surface area (Å²) in [7, 11) is 0. The minimum absolute atomic E-state index is 0.0304. The van der Waals surface area contributed by atoms with Crippen molar-refractivity contribution in [3.05, 3.63) is 89.8 Å². The van der Waals surface area contributed by atoms with E-state index in [1.54, 1.807) is 10.9 Å². The van der Waals surface area contributed by atoms with Gasteiger partial charge in [-0.05, 0) is 36.8 Å². The van der Waals surface area contributed by atoms with E-state index >= 15 is 0 Å². The van der Waals surface area contributed by atoms with Gasteiger partial charge in [0.05, 0.1) is 6.33 Å². The van der Waals surface area contributed by atoms with Crippen molar-refractivity contribution in [2.24, 2.45) is 5.73 Å². The van der Waals surface area contributed by atoms with Crippen molar-refractivity contribution in [2.75, 3.05) is 17.2 Å². The summed E-state index contributed by atoms with van der Waals surface area (Å²) >= 11 is 0. The average molecular weight is 667 g/mol. The van der Waals surface area contributed by atoms with Crippen LogP contribution >= 0.6 is 0 Å².